The van der Waals surface area contributed by atoms with Crippen molar-refractivity contribution >= 4 is 29.9 Å². The number of aliphatic hydroxyl groups is 1. The summed E-state index contributed by atoms with van der Waals surface area (Å²) >= 11 is 0. The summed E-state index contributed by atoms with van der Waals surface area (Å²) in [4.78, 5) is 6.55. The zero-order valence-electron chi connectivity index (χ0n) is 18.9. The Morgan fingerprint density at radius 3 is 2.55 bits per heavy atom. The summed E-state index contributed by atoms with van der Waals surface area (Å²) in [7, 11) is 5.22. The Kier molecular flexibility index (Phi) is 12.1. The number of halogens is 1. The maximum atomic E-state index is 10.3. The third-order valence-electron chi connectivity index (χ3n) is 4.48. The number of nitrogens with zero attached hydrogens (tertiary/aromatic N) is 2. The first-order valence-electron chi connectivity index (χ1n) is 10.0. The predicted molar refractivity (Wildman–Crippen MR) is 135 cm³/mol. The maximum Gasteiger partial charge on any atom is 0.194 e. The highest BCUT2D eigenvalue weighted by Crippen LogP contribution is 2.25. The molecule has 2 aromatic carbocycles. The third-order valence-corrected chi connectivity index (χ3v) is 4.48. The lowest BCUT2D eigenvalue weighted by Crippen LogP contribution is -2.39. The fourth-order valence-electron chi connectivity index (χ4n) is 2.92. The van der Waals surface area contributed by atoms with Gasteiger partial charge in [0.25, 0.3) is 0 Å². The normalized spacial score (nSPS) is 11.9. The molecule has 0 aliphatic heterocycles. The van der Waals surface area contributed by atoms with Crippen LogP contribution in [0.2, 0.25) is 0 Å². The highest BCUT2D eigenvalue weighted by Gasteiger charge is 2.12. The van der Waals surface area contributed by atoms with Crippen LogP contribution >= 0.6 is 24.0 Å². The first-order valence-corrected chi connectivity index (χ1v) is 10.0. The Hall–Kier alpha value is -2.20. The first-order chi connectivity index (χ1) is 14.5. The number of guanidine groups is 1. The molecule has 0 bridgehead atoms. The van der Waals surface area contributed by atoms with Gasteiger partial charge in [0.05, 0.1) is 20.8 Å². The van der Waals surface area contributed by atoms with Crippen molar-refractivity contribution in [2.45, 2.75) is 26.5 Å². The zero-order valence-corrected chi connectivity index (χ0v) is 21.3. The standard InChI is InChI=1S/C23H33N3O4.HI/c1-6-24-23(25-14-19(27)16-30-21-9-7-8-17(2)12-21)26(3)15-18-10-11-20(28-4)13-22(18)29-5;/h7-13,19,27H,6,14-16H2,1-5H3,(H,24,25);1H. The van der Waals surface area contributed by atoms with Crippen LogP contribution in [0.3, 0.4) is 0 Å². The van der Waals surface area contributed by atoms with E-state index in [0.717, 1.165) is 34.9 Å². The van der Waals surface area contributed by atoms with Crippen molar-refractivity contribution < 1.29 is 19.3 Å². The lowest BCUT2D eigenvalue weighted by atomic mass is 10.2. The summed E-state index contributed by atoms with van der Waals surface area (Å²) in [5.74, 6) is 2.94. The number of benzene rings is 2. The molecule has 0 saturated carbocycles. The van der Waals surface area contributed by atoms with Crippen molar-refractivity contribution in [2.24, 2.45) is 4.99 Å². The Morgan fingerprint density at radius 1 is 1.13 bits per heavy atom. The van der Waals surface area contributed by atoms with Gasteiger partial charge in [0.15, 0.2) is 5.96 Å². The molecule has 8 heteroatoms. The van der Waals surface area contributed by atoms with Gasteiger partial charge in [0.1, 0.15) is 30.0 Å². The van der Waals surface area contributed by atoms with Crippen molar-refractivity contribution in [1.29, 1.82) is 0 Å². The fourth-order valence-corrected chi connectivity index (χ4v) is 2.92. The van der Waals surface area contributed by atoms with Gasteiger partial charge in [0, 0.05) is 31.8 Å². The van der Waals surface area contributed by atoms with E-state index in [1.54, 1.807) is 14.2 Å². The molecule has 0 aliphatic rings. The highest BCUT2D eigenvalue weighted by atomic mass is 127. The third kappa shape index (κ3) is 8.82. The molecule has 0 spiro atoms. The number of rotatable bonds is 10. The molecular formula is C23H34IN3O4. The van der Waals surface area contributed by atoms with Gasteiger partial charge in [-0.1, -0.05) is 12.1 Å². The van der Waals surface area contributed by atoms with Crippen LogP contribution in [0, 0.1) is 6.92 Å². The molecule has 0 radical (unpaired) electrons. The van der Waals surface area contributed by atoms with Crippen LogP contribution in [0.1, 0.15) is 18.1 Å². The van der Waals surface area contributed by atoms with Gasteiger partial charge in [-0.15, -0.1) is 24.0 Å². The van der Waals surface area contributed by atoms with Crippen LogP contribution in [0.15, 0.2) is 47.5 Å². The van der Waals surface area contributed by atoms with Gasteiger partial charge < -0.3 is 29.5 Å². The van der Waals surface area contributed by atoms with E-state index in [2.05, 4.69) is 10.3 Å². The number of methoxy groups -OCH3 is 2. The van der Waals surface area contributed by atoms with Crippen LogP contribution in [-0.4, -0.2) is 63.0 Å². The lowest BCUT2D eigenvalue weighted by molar-refractivity contribution is 0.114. The molecule has 0 aliphatic carbocycles. The minimum Gasteiger partial charge on any atom is -0.497 e. The maximum absolute atomic E-state index is 10.3. The highest BCUT2D eigenvalue weighted by molar-refractivity contribution is 14.0. The second-order valence-corrected chi connectivity index (χ2v) is 7.01. The van der Waals surface area contributed by atoms with E-state index in [0.29, 0.717) is 12.5 Å². The average Bonchev–Trinajstić information content (AvgIpc) is 2.75. The number of hydrogen-bond acceptors (Lipinski definition) is 5. The van der Waals surface area contributed by atoms with Crippen molar-refractivity contribution in [3.63, 3.8) is 0 Å². The number of aliphatic hydroxyl groups excluding tert-OH is 1. The molecule has 0 saturated heterocycles. The molecule has 1 atom stereocenters. The van der Waals surface area contributed by atoms with Crippen LogP contribution in [-0.2, 0) is 6.54 Å². The minimum atomic E-state index is -0.705. The molecule has 0 aromatic heterocycles. The molecule has 0 amide bonds. The summed E-state index contributed by atoms with van der Waals surface area (Å²) in [5, 5.41) is 13.6. The molecule has 172 valence electrons. The quantitative estimate of drug-likeness (QED) is 0.272. The van der Waals surface area contributed by atoms with Crippen LogP contribution in [0.25, 0.3) is 0 Å². The summed E-state index contributed by atoms with van der Waals surface area (Å²) in [6, 6.07) is 13.5. The van der Waals surface area contributed by atoms with Gasteiger partial charge in [0.2, 0.25) is 0 Å². The van der Waals surface area contributed by atoms with E-state index in [-0.39, 0.29) is 37.1 Å². The monoisotopic (exact) mass is 543 g/mol. The average molecular weight is 543 g/mol. The van der Waals surface area contributed by atoms with Crippen LogP contribution in [0.5, 0.6) is 17.2 Å². The second-order valence-electron chi connectivity index (χ2n) is 7.01. The largest absolute Gasteiger partial charge is 0.497 e. The summed E-state index contributed by atoms with van der Waals surface area (Å²) in [6.45, 7) is 5.74. The van der Waals surface area contributed by atoms with Crippen LogP contribution < -0.4 is 19.5 Å². The zero-order chi connectivity index (χ0) is 21.9. The number of hydrogen-bond donors (Lipinski definition) is 2. The topological polar surface area (TPSA) is 75.6 Å². The minimum absolute atomic E-state index is 0. The van der Waals surface area contributed by atoms with Crippen molar-refractivity contribution in [3.05, 3.63) is 53.6 Å². The van der Waals surface area contributed by atoms with Crippen molar-refractivity contribution in [1.82, 2.24) is 10.2 Å². The molecule has 0 fully saturated rings. The predicted octanol–water partition coefficient (Wildman–Crippen LogP) is 3.47. The van der Waals surface area contributed by atoms with Gasteiger partial charge in [-0.05, 0) is 43.7 Å². The van der Waals surface area contributed by atoms with Gasteiger partial charge in [-0.3, -0.25) is 4.99 Å². The smallest absolute Gasteiger partial charge is 0.194 e. The molecular weight excluding hydrogens is 509 g/mol. The number of aryl methyl sites for hydroxylation is 1. The van der Waals surface area contributed by atoms with Crippen LogP contribution in [0.4, 0.5) is 0 Å². The summed E-state index contributed by atoms with van der Waals surface area (Å²) in [6.07, 6.45) is -0.705. The Balaban J connectivity index is 0.00000480. The molecule has 0 heterocycles. The van der Waals surface area contributed by atoms with Crippen molar-refractivity contribution in [2.75, 3.05) is 41.0 Å². The Bertz CT molecular complexity index is 832. The Morgan fingerprint density at radius 2 is 1.90 bits per heavy atom. The van der Waals surface area contributed by atoms with Gasteiger partial charge in [-0.2, -0.15) is 0 Å². The van der Waals surface area contributed by atoms with Gasteiger partial charge >= 0.3 is 0 Å². The molecule has 2 rings (SSSR count). The number of ether oxygens (including phenoxy) is 3. The molecule has 31 heavy (non-hydrogen) atoms. The SMILES string of the molecule is CCNC(=NCC(O)COc1cccc(C)c1)N(C)Cc1ccc(OC)cc1OC.I. The molecule has 7 nitrogen and oxygen atoms in total. The van der Waals surface area contributed by atoms with E-state index in [4.69, 9.17) is 14.2 Å². The fraction of sp³-hybridized carbons (Fsp3) is 0.435. The molecule has 2 aromatic rings. The second kappa shape index (κ2) is 14.0. The van der Waals surface area contributed by atoms with E-state index in [1.807, 2.05) is 68.3 Å². The Labute approximate surface area is 202 Å². The van der Waals surface area contributed by atoms with E-state index in [1.165, 1.54) is 0 Å². The first kappa shape index (κ1) is 26.8. The van der Waals surface area contributed by atoms with E-state index < -0.39 is 6.10 Å². The van der Waals surface area contributed by atoms with Gasteiger partial charge in [-0.25, -0.2) is 0 Å². The summed E-state index contributed by atoms with van der Waals surface area (Å²) < 4.78 is 16.4. The number of aliphatic imine (C=N–C) groups is 1. The molecule has 1 unspecified atom stereocenters. The molecule has 2 N–H and O–H groups in total. The summed E-state index contributed by atoms with van der Waals surface area (Å²) in [5.41, 5.74) is 2.12. The lowest BCUT2D eigenvalue weighted by Gasteiger charge is -2.23. The van der Waals surface area contributed by atoms with E-state index >= 15 is 0 Å². The van der Waals surface area contributed by atoms with E-state index in [9.17, 15) is 5.11 Å². The van der Waals surface area contributed by atoms with Crippen molar-refractivity contribution in [3.8, 4) is 17.2 Å². The number of nitrogens with one attached hydrogen (secondary N) is 1.